The van der Waals surface area contributed by atoms with E-state index in [2.05, 4.69) is 26.0 Å². The Kier molecular flexibility index (Phi) is 11.3. The van der Waals surface area contributed by atoms with Crippen molar-refractivity contribution in [1.82, 2.24) is 0 Å². The molecule has 1 aromatic rings. The highest BCUT2D eigenvalue weighted by Crippen LogP contribution is 2.31. The fourth-order valence-electron chi connectivity index (χ4n) is 3.56. The second kappa shape index (κ2) is 13.0. The number of unbranched alkanes of at least 4 members (excludes halogenated alkanes) is 9. The molecule has 0 aliphatic rings. The lowest BCUT2D eigenvalue weighted by molar-refractivity contribution is -0.152. The van der Waals surface area contributed by atoms with Crippen LogP contribution in [0.15, 0.2) is 30.3 Å². The van der Waals surface area contributed by atoms with E-state index >= 15 is 0 Å². The Balaban J connectivity index is 2.26. The summed E-state index contributed by atoms with van der Waals surface area (Å²) in [6.45, 7) is 4.32. The van der Waals surface area contributed by atoms with E-state index in [1.807, 2.05) is 18.2 Å². The first-order valence-electron chi connectivity index (χ1n) is 10.2. The molecule has 0 aliphatic heterocycles. The molecule has 0 bridgehead atoms. The topological polar surface area (TPSA) is 26.3 Å². The summed E-state index contributed by atoms with van der Waals surface area (Å²) in [5, 5.41) is 0. The summed E-state index contributed by atoms with van der Waals surface area (Å²) in [5.74, 6) is -0.0766. The number of hydrogen-bond acceptors (Lipinski definition) is 2. The van der Waals surface area contributed by atoms with Gasteiger partial charge >= 0.3 is 5.97 Å². The van der Waals surface area contributed by atoms with Crippen LogP contribution in [0.5, 0.6) is 0 Å². The third kappa shape index (κ3) is 9.09. The molecule has 1 rings (SSSR count). The van der Waals surface area contributed by atoms with Crippen LogP contribution in [0.25, 0.3) is 0 Å². The molecule has 142 valence electrons. The SMILES string of the molecule is CCCCCCCCCCCCC(C)(Cc1ccccc1)C(=O)OC. The monoisotopic (exact) mass is 346 g/mol. The third-order valence-electron chi connectivity index (χ3n) is 5.20. The van der Waals surface area contributed by atoms with Gasteiger partial charge in [0.25, 0.3) is 0 Å². The van der Waals surface area contributed by atoms with Crippen molar-refractivity contribution in [2.45, 2.75) is 90.9 Å². The van der Waals surface area contributed by atoms with E-state index in [1.54, 1.807) is 0 Å². The van der Waals surface area contributed by atoms with Crippen LogP contribution in [0, 0.1) is 5.41 Å². The molecule has 0 saturated carbocycles. The van der Waals surface area contributed by atoms with Crippen molar-refractivity contribution in [2.75, 3.05) is 7.11 Å². The van der Waals surface area contributed by atoms with Crippen LogP contribution in [0.1, 0.15) is 90.0 Å². The summed E-state index contributed by atoms with van der Waals surface area (Å²) in [5.41, 5.74) is 0.804. The Hall–Kier alpha value is -1.31. The summed E-state index contributed by atoms with van der Waals surface area (Å²) in [6.07, 6.45) is 14.9. The van der Waals surface area contributed by atoms with Crippen LogP contribution >= 0.6 is 0 Å². The molecule has 0 heterocycles. The number of esters is 1. The molecule has 25 heavy (non-hydrogen) atoms. The van der Waals surface area contributed by atoms with E-state index in [4.69, 9.17) is 4.74 Å². The van der Waals surface area contributed by atoms with Crippen LogP contribution in [0.4, 0.5) is 0 Å². The normalized spacial score (nSPS) is 13.4. The van der Waals surface area contributed by atoms with Gasteiger partial charge < -0.3 is 4.74 Å². The minimum atomic E-state index is -0.406. The van der Waals surface area contributed by atoms with Crippen molar-refractivity contribution in [1.29, 1.82) is 0 Å². The lowest BCUT2D eigenvalue weighted by Gasteiger charge is -2.27. The van der Waals surface area contributed by atoms with E-state index in [1.165, 1.54) is 70.5 Å². The van der Waals surface area contributed by atoms with Crippen molar-refractivity contribution in [2.24, 2.45) is 5.41 Å². The van der Waals surface area contributed by atoms with Gasteiger partial charge in [0, 0.05) is 0 Å². The molecule has 0 N–H and O–H groups in total. The van der Waals surface area contributed by atoms with E-state index < -0.39 is 5.41 Å². The molecule has 0 saturated heterocycles. The number of ether oxygens (including phenoxy) is 1. The summed E-state index contributed by atoms with van der Waals surface area (Å²) < 4.78 is 5.09. The smallest absolute Gasteiger partial charge is 0.311 e. The summed E-state index contributed by atoms with van der Waals surface area (Å²) >= 11 is 0. The zero-order chi connectivity index (χ0) is 18.4. The third-order valence-corrected chi connectivity index (χ3v) is 5.20. The van der Waals surface area contributed by atoms with Gasteiger partial charge in [-0.3, -0.25) is 4.79 Å². The van der Waals surface area contributed by atoms with Gasteiger partial charge in [-0.25, -0.2) is 0 Å². The quantitative estimate of drug-likeness (QED) is 0.276. The van der Waals surface area contributed by atoms with Crippen LogP contribution in [0.2, 0.25) is 0 Å². The molecule has 1 unspecified atom stereocenters. The van der Waals surface area contributed by atoms with Crippen LogP contribution < -0.4 is 0 Å². The average Bonchev–Trinajstić information content (AvgIpc) is 2.63. The lowest BCUT2D eigenvalue weighted by atomic mass is 9.79. The van der Waals surface area contributed by atoms with Gasteiger partial charge in [0.05, 0.1) is 12.5 Å². The molecule has 1 aromatic carbocycles. The molecule has 1 atom stereocenters. The van der Waals surface area contributed by atoms with E-state index in [0.29, 0.717) is 0 Å². The van der Waals surface area contributed by atoms with Crippen LogP contribution in [0.3, 0.4) is 0 Å². The molecule has 0 aromatic heterocycles. The Morgan fingerprint density at radius 1 is 0.880 bits per heavy atom. The average molecular weight is 347 g/mol. The number of benzene rings is 1. The Morgan fingerprint density at radius 2 is 1.40 bits per heavy atom. The minimum Gasteiger partial charge on any atom is -0.469 e. The van der Waals surface area contributed by atoms with Gasteiger partial charge in [-0.15, -0.1) is 0 Å². The van der Waals surface area contributed by atoms with E-state index in [-0.39, 0.29) is 5.97 Å². The zero-order valence-corrected chi connectivity index (χ0v) is 16.7. The number of carbonyl (C=O) groups excluding carboxylic acids is 1. The van der Waals surface area contributed by atoms with Gasteiger partial charge in [0.15, 0.2) is 0 Å². The van der Waals surface area contributed by atoms with E-state index in [0.717, 1.165) is 19.3 Å². The van der Waals surface area contributed by atoms with Crippen LogP contribution in [-0.4, -0.2) is 13.1 Å². The number of methoxy groups -OCH3 is 1. The second-order valence-corrected chi connectivity index (χ2v) is 7.65. The summed E-state index contributed by atoms with van der Waals surface area (Å²) in [4.78, 5) is 12.3. The van der Waals surface area contributed by atoms with Gasteiger partial charge in [0.1, 0.15) is 0 Å². The van der Waals surface area contributed by atoms with Crippen molar-refractivity contribution in [3.05, 3.63) is 35.9 Å². The predicted octanol–water partition coefficient (Wildman–Crippen LogP) is 6.72. The molecule has 0 spiro atoms. The number of rotatable bonds is 14. The fourth-order valence-corrected chi connectivity index (χ4v) is 3.56. The summed E-state index contributed by atoms with van der Waals surface area (Å²) in [6, 6.07) is 10.3. The molecule has 0 fully saturated rings. The first-order chi connectivity index (χ1) is 12.1. The zero-order valence-electron chi connectivity index (χ0n) is 16.7. The molecule has 0 aliphatic carbocycles. The second-order valence-electron chi connectivity index (χ2n) is 7.65. The van der Waals surface area contributed by atoms with Crippen molar-refractivity contribution in [3.8, 4) is 0 Å². The highest BCUT2D eigenvalue weighted by Gasteiger charge is 2.33. The highest BCUT2D eigenvalue weighted by atomic mass is 16.5. The molecular weight excluding hydrogens is 308 g/mol. The minimum absolute atomic E-state index is 0.0766. The van der Waals surface area contributed by atoms with Crippen LogP contribution in [-0.2, 0) is 16.0 Å². The first kappa shape index (κ1) is 21.7. The van der Waals surface area contributed by atoms with Crippen molar-refractivity contribution in [3.63, 3.8) is 0 Å². The Labute approximate surface area is 155 Å². The predicted molar refractivity (Wildman–Crippen MR) is 107 cm³/mol. The number of carbonyl (C=O) groups is 1. The summed E-state index contributed by atoms with van der Waals surface area (Å²) in [7, 11) is 1.50. The molecule has 0 amide bonds. The van der Waals surface area contributed by atoms with Gasteiger partial charge in [0.2, 0.25) is 0 Å². The largest absolute Gasteiger partial charge is 0.469 e. The maximum Gasteiger partial charge on any atom is 0.311 e. The molecule has 2 nitrogen and oxygen atoms in total. The maximum atomic E-state index is 12.3. The van der Waals surface area contributed by atoms with Gasteiger partial charge in [-0.1, -0.05) is 101 Å². The fraction of sp³-hybridized carbons (Fsp3) is 0.696. The standard InChI is InChI=1S/C23H38O2/c1-4-5-6-7-8-9-10-11-12-16-19-23(2,22(24)25-3)20-21-17-14-13-15-18-21/h13-15,17-18H,4-12,16,19-20H2,1-3H3. The first-order valence-corrected chi connectivity index (χ1v) is 10.2. The Bertz CT molecular complexity index is 454. The Morgan fingerprint density at radius 3 is 1.92 bits per heavy atom. The van der Waals surface area contributed by atoms with Crippen molar-refractivity contribution >= 4 is 5.97 Å². The van der Waals surface area contributed by atoms with Gasteiger partial charge in [-0.05, 0) is 25.3 Å². The molecule has 0 radical (unpaired) electrons. The number of hydrogen-bond donors (Lipinski definition) is 0. The van der Waals surface area contributed by atoms with Gasteiger partial charge in [-0.2, -0.15) is 0 Å². The van der Waals surface area contributed by atoms with Crippen molar-refractivity contribution < 1.29 is 9.53 Å². The molecule has 2 heteroatoms. The van der Waals surface area contributed by atoms with E-state index in [9.17, 15) is 4.79 Å². The lowest BCUT2D eigenvalue weighted by Crippen LogP contribution is -2.31. The highest BCUT2D eigenvalue weighted by molar-refractivity contribution is 5.76. The maximum absolute atomic E-state index is 12.3. The molecular formula is C23H38O2.